The normalized spacial score (nSPS) is 16.5. The van der Waals surface area contributed by atoms with Gasteiger partial charge in [0, 0.05) is 19.0 Å². The molecule has 1 aromatic rings. The molecule has 1 aliphatic rings. The molecule has 1 aliphatic carbocycles. The van der Waals surface area contributed by atoms with Gasteiger partial charge in [-0.2, -0.15) is 0 Å². The molecule has 1 saturated carbocycles. The lowest BCUT2D eigenvalue weighted by Gasteiger charge is -2.04. The van der Waals surface area contributed by atoms with E-state index in [0.29, 0.717) is 11.1 Å². The van der Waals surface area contributed by atoms with Gasteiger partial charge < -0.3 is 0 Å². The van der Waals surface area contributed by atoms with Gasteiger partial charge in [0.25, 0.3) is 5.56 Å². The largest absolute Gasteiger partial charge is 0.299 e. The van der Waals surface area contributed by atoms with Crippen molar-refractivity contribution in [1.82, 2.24) is 9.55 Å². The molecule has 2 rings (SSSR count). The van der Waals surface area contributed by atoms with Crippen LogP contribution in [0.15, 0.2) is 10.9 Å². The van der Waals surface area contributed by atoms with E-state index in [1.54, 1.807) is 11.6 Å². The van der Waals surface area contributed by atoms with Gasteiger partial charge in [-0.25, -0.2) is 4.98 Å². The number of hydrogen-bond acceptors (Lipinski definition) is 2. The topological polar surface area (TPSA) is 34.9 Å². The fourth-order valence-electron chi connectivity index (χ4n) is 1.24. The number of aromatic nitrogens is 2. The van der Waals surface area contributed by atoms with E-state index in [0.717, 1.165) is 18.7 Å². The second kappa shape index (κ2) is 2.59. The summed E-state index contributed by atoms with van der Waals surface area (Å²) in [5.41, 5.74) is -0.0723. The maximum Gasteiger partial charge on any atom is 0.254 e. The molecular weight excluding hydrogens is 176 g/mol. The zero-order chi connectivity index (χ0) is 8.72. The first kappa shape index (κ1) is 7.80. The third kappa shape index (κ3) is 1.25. The Balaban J connectivity index is 2.58. The summed E-state index contributed by atoms with van der Waals surface area (Å²) in [5, 5.41) is 0.306. The molecule has 4 heteroatoms. The molecule has 0 bridgehead atoms. The van der Waals surface area contributed by atoms with Crippen molar-refractivity contribution in [3.05, 3.63) is 27.4 Å². The molecule has 0 N–H and O–H groups in total. The van der Waals surface area contributed by atoms with Crippen LogP contribution in [-0.4, -0.2) is 9.55 Å². The van der Waals surface area contributed by atoms with Gasteiger partial charge in [0.05, 0.1) is 0 Å². The Labute approximate surface area is 75.0 Å². The molecule has 0 aromatic carbocycles. The summed E-state index contributed by atoms with van der Waals surface area (Å²) in [6.45, 7) is 0. The molecule has 1 heterocycles. The highest BCUT2D eigenvalue weighted by molar-refractivity contribution is 6.29. The van der Waals surface area contributed by atoms with E-state index in [2.05, 4.69) is 4.98 Å². The Morgan fingerprint density at radius 1 is 1.67 bits per heavy atom. The van der Waals surface area contributed by atoms with Gasteiger partial charge in [0.15, 0.2) is 0 Å². The quantitative estimate of drug-likeness (QED) is 0.617. The van der Waals surface area contributed by atoms with Crippen LogP contribution in [0, 0.1) is 0 Å². The third-order valence-electron chi connectivity index (χ3n) is 2.08. The third-order valence-corrected chi connectivity index (χ3v) is 2.27. The number of rotatable bonds is 1. The average molecular weight is 185 g/mol. The van der Waals surface area contributed by atoms with Crippen LogP contribution in [0.5, 0.6) is 0 Å². The number of halogens is 1. The van der Waals surface area contributed by atoms with Crippen molar-refractivity contribution in [3.63, 3.8) is 0 Å². The van der Waals surface area contributed by atoms with Crippen molar-refractivity contribution in [3.8, 4) is 0 Å². The summed E-state index contributed by atoms with van der Waals surface area (Å²) in [7, 11) is 1.74. The molecule has 0 amide bonds. The van der Waals surface area contributed by atoms with Crippen LogP contribution >= 0.6 is 11.6 Å². The minimum absolute atomic E-state index is 0.0723. The van der Waals surface area contributed by atoms with E-state index in [4.69, 9.17) is 11.6 Å². The standard InChI is InChI=1S/C8H9ClN2O/c1-11-7(12)4-6(9)10-8(11)5-2-3-5/h4-5H,2-3H2,1H3. The number of nitrogens with zero attached hydrogens (tertiary/aromatic N) is 2. The van der Waals surface area contributed by atoms with Crippen LogP contribution in [0.2, 0.25) is 5.15 Å². The highest BCUT2D eigenvalue weighted by Crippen LogP contribution is 2.38. The highest BCUT2D eigenvalue weighted by Gasteiger charge is 2.27. The van der Waals surface area contributed by atoms with Crippen LogP contribution in [0.3, 0.4) is 0 Å². The van der Waals surface area contributed by atoms with Gasteiger partial charge >= 0.3 is 0 Å². The van der Waals surface area contributed by atoms with Crippen LogP contribution < -0.4 is 5.56 Å². The second-order valence-electron chi connectivity index (χ2n) is 3.11. The summed E-state index contributed by atoms with van der Waals surface area (Å²) >= 11 is 5.67. The molecule has 3 nitrogen and oxygen atoms in total. The molecular formula is C8H9ClN2O. The zero-order valence-corrected chi connectivity index (χ0v) is 7.51. The van der Waals surface area contributed by atoms with E-state index in [-0.39, 0.29) is 5.56 Å². The van der Waals surface area contributed by atoms with Crippen molar-refractivity contribution < 1.29 is 0 Å². The van der Waals surface area contributed by atoms with E-state index in [9.17, 15) is 4.79 Å². The van der Waals surface area contributed by atoms with Crippen molar-refractivity contribution >= 4 is 11.6 Å². The minimum atomic E-state index is -0.0723. The summed E-state index contributed by atoms with van der Waals surface area (Å²) in [6.07, 6.45) is 2.25. The first-order valence-electron chi connectivity index (χ1n) is 3.92. The Bertz CT molecular complexity index is 368. The monoisotopic (exact) mass is 184 g/mol. The first-order valence-corrected chi connectivity index (χ1v) is 4.30. The van der Waals surface area contributed by atoms with Crippen LogP contribution in [-0.2, 0) is 7.05 Å². The molecule has 0 atom stereocenters. The molecule has 1 aromatic heterocycles. The van der Waals surface area contributed by atoms with Gasteiger partial charge in [-0.15, -0.1) is 0 Å². The van der Waals surface area contributed by atoms with Crippen LogP contribution in [0.25, 0.3) is 0 Å². The fraction of sp³-hybridized carbons (Fsp3) is 0.500. The Morgan fingerprint density at radius 2 is 2.33 bits per heavy atom. The van der Waals surface area contributed by atoms with Crippen LogP contribution in [0.1, 0.15) is 24.6 Å². The predicted molar refractivity (Wildman–Crippen MR) is 46.5 cm³/mol. The molecule has 12 heavy (non-hydrogen) atoms. The fourth-order valence-corrected chi connectivity index (χ4v) is 1.41. The minimum Gasteiger partial charge on any atom is -0.299 e. The molecule has 1 fully saturated rings. The molecule has 0 radical (unpaired) electrons. The SMILES string of the molecule is Cn1c(C2CC2)nc(Cl)cc1=O. The molecule has 0 unspecified atom stereocenters. The van der Waals surface area contributed by atoms with E-state index >= 15 is 0 Å². The molecule has 0 saturated heterocycles. The van der Waals surface area contributed by atoms with E-state index in [1.807, 2.05) is 0 Å². The second-order valence-corrected chi connectivity index (χ2v) is 3.50. The summed E-state index contributed by atoms with van der Waals surface area (Å²) in [4.78, 5) is 15.4. The smallest absolute Gasteiger partial charge is 0.254 e. The maximum atomic E-state index is 11.2. The molecule has 64 valence electrons. The van der Waals surface area contributed by atoms with Crippen molar-refractivity contribution in [2.24, 2.45) is 7.05 Å². The maximum absolute atomic E-state index is 11.2. The Morgan fingerprint density at radius 3 is 2.92 bits per heavy atom. The highest BCUT2D eigenvalue weighted by atomic mass is 35.5. The van der Waals surface area contributed by atoms with Crippen LogP contribution in [0.4, 0.5) is 0 Å². The first-order chi connectivity index (χ1) is 5.68. The summed E-state index contributed by atoms with van der Waals surface area (Å²) in [5.74, 6) is 1.29. The van der Waals surface area contributed by atoms with Gasteiger partial charge in [-0.05, 0) is 12.8 Å². The summed E-state index contributed by atoms with van der Waals surface area (Å²) in [6, 6.07) is 1.34. The number of hydrogen-bond donors (Lipinski definition) is 0. The van der Waals surface area contributed by atoms with Gasteiger partial charge in [-0.1, -0.05) is 11.6 Å². The Kier molecular flexibility index (Phi) is 1.68. The van der Waals surface area contributed by atoms with Crippen molar-refractivity contribution in [2.45, 2.75) is 18.8 Å². The lowest BCUT2D eigenvalue weighted by Crippen LogP contribution is -2.20. The van der Waals surface area contributed by atoms with Crippen molar-refractivity contribution in [2.75, 3.05) is 0 Å². The van der Waals surface area contributed by atoms with Gasteiger partial charge in [-0.3, -0.25) is 9.36 Å². The molecule has 0 aliphatic heterocycles. The summed E-state index contributed by atoms with van der Waals surface area (Å²) < 4.78 is 1.57. The molecule has 0 spiro atoms. The van der Waals surface area contributed by atoms with Gasteiger partial charge in [0.1, 0.15) is 11.0 Å². The van der Waals surface area contributed by atoms with E-state index < -0.39 is 0 Å². The average Bonchev–Trinajstić information content (AvgIpc) is 2.79. The van der Waals surface area contributed by atoms with Gasteiger partial charge in [0.2, 0.25) is 0 Å². The van der Waals surface area contributed by atoms with Crippen molar-refractivity contribution in [1.29, 1.82) is 0 Å². The Hall–Kier alpha value is -0.830. The van der Waals surface area contributed by atoms with E-state index in [1.165, 1.54) is 6.07 Å². The lowest BCUT2D eigenvalue weighted by atomic mass is 10.4. The predicted octanol–water partition coefficient (Wildman–Crippen LogP) is 1.31. The zero-order valence-electron chi connectivity index (χ0n) is 6.75. The lowest BCUT2D eigenvalue weighted by molar-refractivity contribution is 0.730.